The van der Waals surface area contributed by atoms with E-state index in [0.29, 0.717) is 28.5 Å². The fraction of sp³-hybridized carbons (Fsp3) is 0.143. The highest BCUT2D eigenvalue weighted by molar-refractivity contribution is 6.33. The van der Waals surface area contributed by atoms with E-state index in [1.165, 1.54) is 5.01 Å². The summed E-state index contributed by atoms with van der Waals surface area (Å²) in [6.45, 7) is 0. The van der Waals surface area contributed by atoms with Crippen molar-refractivity contribution in [2.24, 2.45) is 5.10 Å². The van der Waals surface area contributed by atoms with Crippen LogP contribution in [0.15, 0.2) is 76.4 Å². The van der Waals surface area contributed by atoms with Crippen LogP contribution in [0.2, 0.25) is 5.02 Å². The van der Waals surface area contributed by atoms with Crippen molar-refractivity contribution < 1.29 is 13.9 Å². The molecular weight excluding hydrogens is 364 g/mol. The molecule has 0 saturated heterocycles. The molecule has 2 heterocycles. The molecule has 0 bridgehead atoms. The third kappa shape index (κ3) is 3.34. The number of nitrogens with zero attached hydrogens (tertiary/aromatic N) is 2. The summed E-state index contributed by atoms with van der Waals surface area (Å²) < 4.78 is 10.8. The second kappa shape index (κ2) is 7.29. The Morgan fingerprint density at radius 1 is 1.19 bits per heavy atom. The van der Waals surface area contributed by atoms with Gasteiger partial charge in [0.05, 0.1) is 30.0 Å². The van der Waals surface area contributed by atoms with Gasteiger partial charge in [-0.1, -0.05) is 35.9 Å². The first-order valence-electron chi connectivity index (χ1n) is 8.51. The molecule has 1 amide bonds. The van der Waals surface area contributed by atoms with Gasteiger partial charge in [-0.25, -0.2) is 5.01 Å². The number of halogens is 1. The summed E-state index contributed by atoms with van der Waals surface area (Å²) in [4.78, 5) is 13.2. The molecule has 0 aliphatic carbocycles. The minimum Gasteiger partial charge on any atom is -0.497 e. The van der Waals surface area contributed by atoms with Gasteiger partial charge < -0.3 is 9.15 Å². The molecule has 1 aliphatic heterocycles. The first-order valence-corrected chi connectivity index (χ1v) is 8.88. The van der Waals surface area contributed by atoms with Crippen LogP contribution in [0, 0.1) is 0 Å². The summed E-state index contributed by atoms with van der Waals surface area (Å²) in [6.07, 6.45) is 2.13. The number of carbonyl (C=O) groups is 1. The minimum absolute atomic E-state index is 0.255. The van der Waals surface area contributed by atoms with Crippen LogP contribution in [0.25, 0.3) is 0 Å². The second-order valence-corrected chi connectivity index (χ2v) is 6.56. The Hall–Kier alpha value is -3.05. The molecule has 1 atom stereocenters. The summed E-state index contributed by atoms with van der Waals surface area (Å²) >= 11 is 6.24. The fourth-order valence-corrected chi connectivity index (χ4v) is 3.37. The van der Waals surface area contributed by atoms with Crippen molar-refractivity contribution in [3.05, 3.63) is 88.8 Å². The van der Waals surface area contributed by atoms with Crippen LogP contribution in [-0.2, 0) is 0 Å². The standard InChI is InChI=1S/C21H17ClN2O3/c1-26-15-7-4-6-14(12-15)19-13-18(20-10-5-11-27-20)23-24(19)21(25)16-8-2-3-9-17(16)22/h2-12,19H,13H2,1H3/t19-/m1/s1. The maximum Gasteiger partial charge on any atom is 0.276 e. The van der Waals surface area contributed by atoms with E-state index in [-0.39, 0.29) is 11.9 Å². The molecule has 0 N–H and O–H groups in total. The maximum atomic E-state index is 13.2. The number of rotatable bonds is 4. The summed E-state index contributed by atoms with van der Waals surface area (Å²) in [5.41, 5.74) is 2.06. The van der Waals surface area contributed by atoms with Gasteiger partial charge in [-0.15, -0.1) is 0 Å². The van der Waals surface area contributed by atoms with Crippen LogP contribution in [0.3, 0.4) is 0 Å². The van der Waals surface area contributed by atoms with E-state index in [2.05, 4.69) is 5.10 Å². The van der Waals surface area contributed by atoms with E-state index in [1.807, 2.05) is 30.3 Å². The predicted octanol–water partition coefficient (Wildman–Crippen LogP) is 4.93. The van der Waals surface area contributed by atoms with Crippen molar-refractivity contribution in [3.63, 3.8) is 0 Å². The quantitative estimate of drug-likeness (QED) is 0.644. The number of hydrazone groups is 1. The van der Waals surface area contributed by atoms with Crippen molar-refractivity contribution in [2.45, 2.75) is 12.5 Å². The monoisotopic (exact) mass is 380 g/mol. The number of amides is 1. The average molecular weight is 381 g/mol. The number of carbonyl (C=O) groups excluding carboxylic acids is 1. The number of ether oxygens (including phenoxy) is 1. The summed E-state index contributed by atoms with van der Waals surface area (Å²) in [5.74, 6) is 1.12. The van der Waals surface area contributed by atoms with Gasteiger partial charge in [0.1, 0.15) is 17.2 Å². The van der Waals surface area contributed by atoms with Crippen LogP contribution in [-0.4, -0.2) is 23.7 Å². The molecule has 136 valence electrons. The maximum absolute atomic E-state index is 13.2. The minimum atomic E-state index is -0.274. The normalized spacial score (nSPS) is 16.3. The molecule has 2 aromatic carbocycles. The lowest BCUT2D eigenvalue weighted by atomic mass is 10.00. The van der Waals surface area contributed by atoms with Gasteiger partial charge in [0, 0.05) is 6.42 Å². The van der Waals surface area contributed by atoms with Gasteiger partial charge >= 0.3 is 0 Å². The van der Waals surface area contributed by atoms with Crippen LogP contribution >= 0.6 is 11.6 Å². The third-order valence-corrected chi connectivity index (χ3v) is 4.84. The van der Waals surface area contributed by atoms with E-state index in [4.69, 9.17) is 20.8 Å². The highest BCUT2D eigenvalue weighted by Crippen LogP contribution is 2.36. The highest BCUT2D eigenvalue weighted by atomic mass is 35.5. The first kappa shape index (κ1) is 17.4. The first-order chi connectivity index (χ1) is 13.2. The number of hydrogen-bond acceptors (Lipinski definition) is 4. The van der Waals surface area contributed by atoms with Gasteiger partial charge in [0.15, 0.2) is 0 Å². The molecule has 0 radical (unpaired) electrons. The molecule has 6 heteroatoms. The highest BCUT2D eigenvalue weighted by Gasteiger charge is 2.35. The Labute approximate surface area is 161 Å². The van der Waals surface area contributed by atoms with Crippen molar-refractivity contribution in [2.75, 3.05) is 7.11 Å². The topological polar surface area (TPSA) is 55.0 Å². The van der Waals surface area contributed by atoms with Crippen LogP contribution < -0.4 is 4.74 Å². The number of furan rings is 1. The Morgan fingerprint density at radius 2 is 2.04 bits per heavy atom. The van der Waals surface area contributed by atoms with Gasteiger partial charge in [0.2, 0.25) is 0 Å². The van der Waals surface area contributed by atoms with Gasteiger partial charge in [-0.2, -0.15) is 5.10 Å². The zero-order valence-corrected chi connectivity index (χ0v) is 15.4. The number of benzene rings is 2. The Bertz CT molecular complexity index is 998. The largest absolute Gasteiger partial charge is 0.497 e. The molecule has 5 nitrogen and oxygen atoms in total. The lowest BCUT2D eigenvalue weighted by molar-refractivity contribution is 0.0711. The third-order valence-electron chi connectivity index (χ3n) is 4.51. The Kier molecular flexibility index (Phi) is 4.69. The zero-order valence-electron chi connectivity index (χ0n) is 14.6. The molecular formula is C21H17ClN2O3. The molecule has 0 fully saturated rings. The molecule has 27 heavy (non-hydrogen) atoms. The van der Waals surface area contributed by atoms with Gasteiger partial charge in [-0.05, 0) is 42.0 Å². The number of methoxy groups -OCH3 is 1. The molecule has 1 aromatic heterocycles. The predicted molar refractivity (Wildman–Crippen MR) is 103 cm³/mol. The van der Waals surface area contributed by atoms with E-state index >= 15 is 0 Å². The van der Waals surface area contributed by atoms with Crippen molar-refractivity contribution in [1.82, 2.24) is 5.01 Å². The SMILES string of the molecule is COc1cccc([C@H]2CC(c3ccco3)=NN2C(=O)c2ccccc2Cl)c1. The fourth-order valence-electron chi connectivity index (χ4n) is 3.16. The Balaban J connectivity index is 1.75. The van der Waals surface area contributed by atoms with Crippen molar-refractivity contribution in [3.8, 4) is 5.75 Å². The van der Waals surface area contributed by atoms with Crippen LogP contribution in [0.1, 0.15) is 34.1 Å². The summed E-state index contributed by atoms with van der Waals surface area (Å²) in [7, 11) is 1.62. The number of hydrogen-bond donors (Lipinski definition) is 0. The summed E-state index contributed by atoms with van der Waals surface area (Å²) in [6, 6.07) is 18.0. The lowest BCUT2D eigenvalue weighted by Crippen LogP contribution is -2.27. The van der Waals surface area contributed by atoms with Crippen LogP contribution in [0.5, 0.6) is 5.75 Å². The smallest absolute Gasteiger partial charge is 0.276 e. The van der Waals surface area contributed by atoms with E-state index in [9.17, 15) is 4.79 Å². The lowest BCUT2D eigenvalue weighted by Gasteiger charge is -2.22. The van der Waals surface area contributed by atoms with E-state index < -0.39 is 0 Å². The van der Waals surface area contributed by atoms with Gasteiger partial charge in [0.25, 0.3) is 5.91 Å². The Morgan fingerprint density at radius 3 is 2.78 bits per heavy atom. The molecule has 0 spiro atoms. The van der Waals surface area contributed by atoms with Crippen molar-refractivity contribution >= 4 is 23.2 Å². The average Bonchev–Trinajstić information content (AvgIpc) is 3.37. The molecule has 3 aromatic rings. The van der Waals surface area contributed by atoms with E-state index in [1.54, 1.807) is 43.7 Å². The summed E-state index contributed by atoms with van der Waals surface area (Å²) in [5, 5.41) is 6.45. The zero-order chi connectivity index (χ0) is 18.8. The van der Waals surface area contributed by atoms with Crippen molar-refractivity contribution in [1.29, 1.82) is 0 Å². The molecule has 4 rings (SSSR count). The molecule has 1 aliphatic rings. The van der Waals surface area contributed by atoms with E-state index in [0.717, 1.165) is 11.3 Å². The molecule has 0 saturated carbocycles. The molecule has 0 unspecified atom stereocenters. The van der Waals surface area contributed by atoms with Crippen LogP contribution in [0.4, 0.5) is 0 Å². The van der Waals surface area contributed by atoms with Gasteiger partial charge in [-0.3, -0.25) is 4.79 Å². The second-order valence-electron chi connectivity index (χ2n) is 6.15.